The van der Waals surface area contributed by atoms with Gasteiger partial charge in [-0.15, -0.1) is 0 Å². The fourth-order valence-electron chi connectivity index (χ4n) is 4.65. The molecule has 0 radical (unpaired) electrons. The molecular weight excluding hydrogens is 384 g/mol. The van der Waals surface area contributed by atoms with Crippen LogP contribution in [0.5, 0.6) is 28.7 Å². The zero-order valence-electron chi connectivity index (χ0n) is 17.4. The monoisotopic (exact) mass is 410 g/mol. The summed E-state index contributed by atoms with van der Waals surface area (Å²) in [5, 5.41) is 53.8. The number of rotatable bonds is 4. The molecule has 0 saturated carbocycles. The van der Waals surface area contributed by atoms with Gasteiger partial charge in [-0.1, -0.05) is 27.7 Å². The first-order valence-electron chi connectivity index (χ1n) is 10.1. The molecule has 158 valence electrons. The topological polar surface area (TPSA) is 126 Å². The Morgan fingerprint density at radius 3 is 1.67 bits per heavy atom. The number of benzene rings is 3. The van der Waals surface area contributed by atoms with E-state index in [0.717, 1.165) is 0 Å². The molecule has 4 rings (SSSR count). The van der Waals surface area contributed by atoms with Crippen molar-refractivity contribution in [2.75, 3.05) is 0 Å². The van der Waals surface area contributed by atoms with Crippen LogP contribution in [0.1, 0.15) is 40.5 Å². The predicted octanol–water partition coefficient (Wildman–Crippen LogP) is 3.56. The zero-order valence-corrected chi connectivity index (χ0v) is 17.4. The molecule has 1 aliphatic heterocycles. The third-order valence-electron chi connectivity index (χ3n) is 5.49. The van der Waals surface area contributed by atoms with E-state index in [2.05, 4.69) is 27.7 Å². The van der Waals surface area contributed by atoms with Crippen molar-refractivity contribution in [2.24, 2.45) is 21.8 Å². The van der Waals surface area contributed by atoms with Gasteiger partial charge in [-0.3, -0.25) is 9.98 Å². The van der Waals surface area contributed by atoms with Gasteiger partial charge < -0.3 is 25.5 Å². The summed E-state index contributed by atoms with van der Waals surface area (Å²) in [4.78, 5) is 9.73. The molecule has 7 nitrogen and oxygen atoms in total. The molecular formula is C23H26N2O5. The van der Waals surface area contributed by atoms with Crippen LogP contribution in [0.2, 0.25) is 0 Å². The first-order valence-corrected chi connectivity index (χ1v) is 10.1. The van der Waals surface area contributed by atoms with Crippen LogP contribution in [0.25, 0.3) is 21.5 Å². The van der Waals surface area contributed by atoms with E-state index >= 15 is 0 Å². The summed E-state index contributed by atoms with van der Waals surface area (Å²) in [5.74, 6) is -1.10. The first kappa shape index (κ1) is 20.1. The smallest absolute Gasteiger partial charge is 0.152 e. The molecule has 5 N–H and O–H groups in total. The third-order valence-corrected chi connectivity index (χ3v) is 5.49. The molecule has 0 saturated heterocycles. The average Bonchev–Trinajstić information content (AvgIpc) is 2.95. The maximum absolute atomic E-state index is 11.1. The maximum atomic E-state index is 11.1. The van der Waals surface area contributed by atoms with Gasteiger partial charge in [-0.05, 0) is 36.8 Å². The molecule has 3 aromatic carbocycles. The number of hydrogen-bond donors (Lipinski definition) is 5. The number of fused-ring (bicyclic) bond motifs is 4. The Balaban J connectivity index is 2.20. The number of nitrogens with zero attached hydrogens (tertiary/aromatic N) is 2. The minimum absolute atomic E-state index is 0.0384. The molecule has 7 heteroatoms. The second-order valence-electron chi connectivity index (χ2n) is 8.97. The standard InChI is InChI=1S/C23H26N2O5/c1-10(2)8-23(9-11(3)4)24-12-7-15(28)18-19(20(12)25-23)22(30)17-14(27)6-5-13(26)16(17)21(18)29/h5-7,10-11,26-30H,8-9H2,1-4H3. The van der Waals surface area contributed by atoms with Crippen molar-refractivity contribution in [1.82, 2.24) is 0 Å². The van der Waals surface area contributed by atoms with Gasteiger partial charge in [-0.25, -0.2) is 0 Å². The number of phenolic OH excluding ortho intramolecular Hbond substituents is 5. The van der Waals surface area contributed by atoms with Gasteiger partial charge in [0.25, 0.3) is 0 Å². The number of phenols is 5. The second kappa shape index (κ2) is 6.65. The van der Waals surface area contributed by atoms with Gasteiger partial charge in [0.15, 0.2) is 5.66 Å². The van der Waals surface area contributed by atoms with Crippen LogP contribution in [-0.2, 0) is 0 Å². The third kappa shape index (κ3) is 2.88. The van der Waals surface area contributed by atoms with Crippen molar-refractivity contribution in [1.29, 1.82) is 0 Å². The van der Waals surface area contributed by atoms with E-state index in [1.165, 1.54) is 18.2 Å². The van der Waals surface area contributed by atoms with Gasteiger partial charge in [0.2, 0.25) is 0 Å². The molecule has 0 bridgehead atoms. The minimum atomic E-state index is -0.733. The zero-order chi connectivity index (χ0) is 22.0. The SMILES string of the molecule is CC(C)CC1(CC(C)C)N=c2cc(O)c3c(O)c4c(O)ccc(O)c4c(O)c3c2=N1. The Hall–Kier alpha value is -3.22. The summed E-state index contributed by atoms with van der Waals surface area (Å²) < 4.78 is 0. The minimum Gasteiger partial charge on any atom is -0.507 e. The lowest BCUT2D eigenvalue weighted by Crippen LogP contribution is -2.27. The van der Waals surface area contributed by atoms with Gasteiger partial charge >= 0.3 is 0 Å². The Morgan fingerprint density at radius 2 is 1.17 bits per heavy atom. The molecule has 0 fully saturated rings. The lowest BCUT2D eigenvalue weighted by molar-refractivity contribution is 0.296. The molecule has 0 atom stereocenters. The van der Waals surface area contributed by atoms with Crippen LogP contribution in [-0.4, -0.2) is 31.2 Å². The van der Waals surface area contributed by atoms with E-state index in [0.29, 0.717) is 35.4 Å². The lowest BCUT2D eigenvalue weighted by atomic mass is 9.90. The predicted molar refractivity (Wildman–Crippen MR) is 114 cm³/mol. The van der Waals surface area contributed by atoms with Crippen molar-refractivity contribution < 1.29 is 25.5 Å². The van der Waals surface area contributed by atoms with Gasteiger partial charge in [0.05, 0.1) is 32.3 Å². The fraction of sp³-hybridized carbons (Fsp3) is 0.391. The molecule has 0 amide bonds. The Kier molecular flexibility index (Phi) is 4.45. The van der Waals surface area contributed by atoms with Crippen LogP contribution >= 0.6 is 0 Å². The van der Waals surface area contributed by atoms with Crippen LogP contribution in [0, 0.1) is 11.8 Å². The van der Waals surface area contributed by atoms with Crippen molar-refractivity contribution in [3.63, 3.8) is 0 Å². The highest BCUT2D eigenvalue weighted by molar-refractivity contribution is 6.16. The molecule has 1 aliphatic rings. The van der Waals surface area contributed by atoms with Gasteiger partial charge in [0, 0.05) is 6.07 Å². The van der Waals surface area contributed by atoms with Crippen LogP contribution < -0.4 is 10.7 Å². The van der Waals surface area contributed by atoms with E-state index in [1.807, 2.05) is 0 Å². The van der Waals surface area contributed by atoms with Crippen LogP contribution in [0.3, 0.4) is 0 Å². The molecule has 0 spiro atoms. The molecule has 3 aromatic rings. The van der Waals surface area contributed by atoms with Crippen molar-refractivity contribution in [3.8, 4) is 28.7 Å². The molecule has 0 aromatic heterocycles. The largest absolute Gasteiger partial charge is 0.507 e. The number of hydrogen-bond acceptors (Lipinski definition) is 7. The summed E-state index contributed by atoms with van der Waals surface area (Å²) in [6.45, 7) is 8.35. The van der Waals surface area contributed by atoms with E-state index in [-0.39, 0.29) is 44.5 Å². The fourth-order valence-corrected chi connectivity index (χ4v) is 4.65. The van der Waals surface area contributed by atoms with Crippen molar-refractivity contribution in [3.05, 3.63) is 28.9 Å². The summed E-state index contributed by atoms with van der Waals surface area (Å²) in [6, 6.07) is 3.87. The molecule has 0 unspecified atom stereocenters. The first-order chi connectivity index (χ1) is 14.0. The Bertz CT molecular complexity index is 1300. The van der Waals surface area contributed by atoms with E-state index in [1.54, 1.807) is 0 Å². The van der Waals surface area contributed by atoms with Crippen molar-refractivity contribution in [2.45, 2.75) is 46.2 Å². The highest BCUT2D eigenvalue weighted by Crippen LogP contribution is 2.49. The lowest BCUT2D eigenvalue weighted by Gasteiger charge is -2.27. The van der Waals surface area contributed by atoms with Gasteiger partial charge in [-0.2, -0.15) is 0 Å². The van der Waals surface area contributed by atoms with Gasteiger partial charge in [0.1, 0.15) is 28.7 Å². The molecule has 1 heterocycles. The Morgan fingerprint density at radius 1 is 0.700 bits per heavy atom. The highest BCUT2D eigenvalue weighted by Gasteiger charge is 2.35. The summed E-state index contributed by atoms with van der Waals surface area (Å²) in [5.41, 5.74) is -0.733. The summed E-state index contributed by atoms with van der Waals surface area (Å²) >= 11 is 0. The summed E-state index contributed by atoms with van der Waals surface area (Å²) in [7, 11) is 0. The maximum Gasteiger partial charge on any atom is 0.152 e. The number of aromatic hydroxyl groups is 5. The van der Waals surface area contributed by atoms with Crippen LogP contribution in [0.4, 0.5) is 0 Å². The molecule has 0 aliphatic carbocycles. The second-order valence-corrected chi connectivity index (χ2v) is 8.97. The summed E-state index contributed by atoms with van der Waals surface area (Å²) in [6.07, 6.45) is 1.38. The molecule has 30 heavy (non-hydrogen) atoms. The normalized spacial score (nSPS) is 15.0. The highest BCUT2D eigenvalue weighted by atomic mass is 16.3. The van der Waals surface area contributed by atoms with E-state index < -0.39 is 11.4 Å². The van der Waals surface area contributed by atoms with Crippen molar-refractivity contribution >= 4 is 21.5 Å². The average molecular weight is 410 g/mol. The van der Waals surface area contributed by atoms with E-state index in [4.69, 9.17) is 9.98 Å². The van der Waals surface area contributed by atoms with Crippen LogP contribution in [0.15, 0.2) is 28.2 Å². The quantitative estimate of drug-likeness (QED) is 0.332. The van der Waals surface area contributed by atoms with E-state index in [9.17, 15) is 25.5 Å². The Labute approximate surface area is 173 Å².